The third kappa shape index (κ3) is 3.56. The molecule has 1 saturated heterocycles. The summed E-state index contributed by atoms with van der Waals surface area (Å²) in [7, 11) is -3.47. The molecule has 8 nitrogen and oxygen atoms in total. The molecule has 0 N–H and O–H groups in total. The fourth-order valence-electron chi connectivity index (χ4n) is 3.10. The lowest BCUT2D eigenvalue weighted by Crippen LogP contribution is -2.49. The molecule has 9 heteroatoms. The molecule has 0 amide bonds. The topological polar surface area (TPSA) is 84.2 Å². The van der Waals surface area contributed by atoms with E-state index in [2.05, 4.69) is 15.3 Å². The van der Waals surface area contributed by atoms with Crippen LogP contribution in [0.3, 0.4) is 0 Å². The summed E-state index contributed by atoms with van der Waals surface area (Å²) in [5, 5.41) is 12.6. The van der Waals surface area contributed by atoms with Gasteiger partial charge in [0.25, 0.3) is 0 Å². The van der Waals surface area contributed by atoms with Gasteiger partial charge in [0.1, 0.15) is 0 Å². The van der Waals surface area contributed by atoms with Gasteiger partial charge in [-0.2, -0.15) is 9.40 Å². The van der Waals surface area contributed by atoms with Crippen LogP contribution in [0, 0.1) is 6.92 Å². The van der Waals surface area contributed by atoms with Gasteiger partial charge in [0, 0.05) is 38.6 Å². The summed E-state index contributed by atoms with van der Waals surface area (Å²) >= 11 is 0. The predicted molar refractivity (Wildman–Crippen MR) is 101 cm³/mol. The van der Waals surface area contributed by atoms with Crippen LogP contribution in [-0.2, 0) is 10.0 Å². The number of rotatable bonds is 4. The predicted octanol–water partition coefficient (Wildman–Crippen LogP) is 1.48. The molecule has 140 valence electrons. The van der Waals surface area contributed by atoms with Gasteiger partial charge in [-0.25, -0.2) is 13.1 Å². The maximum absolute atomic E-state index is 12.8. The number of piperazine rings is 1. The van der Waals surface area contributed by atoms with E-state index in [0.29, 0.717) is 36.9 Å². The highest BCUT2D eigenvalue weighted by Crippen LogP contribution is 2.20. The molecule has 1 aliphatic rings. The highest BCUT2D eigenvalue weighted by atomic mass is 32.2. The second-order valence-corrected chi connectivity index (χ2v) is 8.35. The Bertz CT molecular complexity index is 1010. The van der Waals surface area contributed by atoms with E-state index in [4.69, 9.17) is 0 Å². The first-order valence-electron chi connectivity index (χ1n) is 8.69. The molecular weight excluding hydrogens is 364 g/mol. The molecule has 0 bridgehead atoms. The van der Waals surface area contributed by atoms with Crippen LogP contribution < -0.4 is 4.90 Å². The Morgan fingerprint density at radius 2 is 1.67 bits per heavy atom. The SMILES string of the molecule is Cc1cccc(S(=O)(=O)N2CCN(c3ccc(-n4cccn4)nn3)CC2)c1. The van der Waals surface area contributed by atoms with Crippen molar-refractivity contribution in [1.29, 1.82) is 0 Å². The van der Waals surface area contributed by atoms with Gasteiger partial charge in [-0.15, -0.1) is 10.2 Å². The van der Waals surface area contributed by atoms with Gasteiger partial charge in [0.15, 0.2) is 11.6 Å². The molecule has 4 rings (SSSR count). The fraction of sp³-hybridized carbons (Fsp3) is 0.278. The van der Waals surface area contributed by atoms with Crippen LogP contribution in [0.15, 0.2) is 59.8 Å². The Kier molecular flexibility index (Phi) is 4.63. The highest BCUT2D eigenvalue weighted by Gasteiger charge is 2.29. The first kappa shape index (κ1) is 17.6. The number of hydrogen-bond donors (Lipinski definition) is 0. The summed E-state index contributed by atoms with van der Waals surface area (Å²) in [6.45, 7) is 3.86. The minimum atomic E-state index is -3.47. The van der Waals surface area contributed by atoms with E-state index in [1.807, 2.05) is 36.1 Å². The molecule has 1 aliphatic heterocycles. The molecular formula is C18H20N6O2S. The quantitative estimate of drug-likeness (QED) is 0.677. The van der Waals surface area contributed by atoms with E-state index in [9.17, 15) is 8.42 Å². The molecule has 1 fully saturated rings. The van der Waals surface area contributed by atoms with Gasteiger partial charge < -0.3 is 4.90 Å². The van der Waals surface area contributed by atoms with E-state index < -0.39 is 10.0 Å². The molecule has 0 unspecified atom stereocenters. The Morgan fingerprint density at radius 1 is 0.926 bits per heavy atom. The van der Waals surface area contributed by atoms with Crippen molar-refractivity contribution in [3.8, 4) is 5.82 Å². The van der Waals surface area contributed by atoms with Crippen LogP contribution in [0.5, 0.6) is 0 Å². The Labute approximate surface area is 158 Å². The van der Waals surface area contributed by atoms with Crippen LogP contribution in [0.25, 0.3) is 5.82 Å². The zero-order valence-corrected chi connectivity index (χ0v) is 15.7. The van der Waals surface area contributed by atoms with E-state index in [1.54, 1.807) is 35.3 Å². The van der Waals surface area contributed by atoms with Gasteiger partial charge in [-0.1, -0.05) is 12.1 Å². The lowest BCUT2D eigenvalue weighted by molar-refractivity contribution is 0.383. The lowest BCUT2D eigenvalue weighted by atomic mass is 10.2. The minimum Gasteiger partial charge on any atom is -0.352 e. The van der Waals surface area contributed by atoms with Crippen molar-refractivity contribution < 1.29 is 8.42 Å². The van der Waals surface area contributed by atoms with Crippen LogP contribution in [-0.4, -0.2) is 58.9 Å². The molecule has 3 heterocycles. The van der Waals surface area contributed by atoms with Crippen LogP contribution in [0.4, 0.5) is 5.82 Å². The van der Waals surface area contributed by atoms with Gasteiger partial charge >= 0.3 is 0 Å². The number of aryl methyl sites for hydroxylation is 1. The first-order valence-corrected chi connectivity index (χ1v) is 10.1. The number of hydrogen-bond acceptors (Lipinski definition) is 6. The van der Waals surface area contributed by atoms with E-state index in [1.165, 1.54) is 4.31 Å². The number of nitrogens with zero attached hydrogens (tertiary/aromatic N) is 6. The smallest absolute Gasteiger partial charge is 0.243 e. The van der Waals surface area contributed by atoms with Crippen LogP contribution >= 0.6 is 0 Å². The Morgan fingerprint density at radius 3 is 2.30 bits per heavy atom. The zero-order valence-electron chi connectivity index (χ0n) is 14.9. The maximum atomic E-state index is 12.8. The number of benzene rings is 1. The lowest BCUT2D eigenvalue weighted by Gasteiger charge is -2.34. The molecule has 0 saturated carbocycles. The minimum absolute atomic E-state index is 0.347. The van der Waals surface area contributed by atoms with Crippen LogP contribution in [0.2, 0.25) is 0 Å². The standard InChI is InChI=1S/C18H20N6O2S/c1-15-4-2-5-16(14-15)27(25,26)23-12-10-22(11-13-23)17-6-7-18(21-20-17)24-9-3-8-19-24/h2-9,14H,10-13H2,1H3. The summed E-state index contributed by atoms with van der Waals surface area (Å²) in [5.41, 5.74) is 0.933. The molecule has 0 atom stereocenters. The third-order valence-corrected chi connectivity index (χ3v) is 6.46. The fourth-order valence-corrected chi connectivity index (χ4v) is 4.62. The normalized spacial score (nSPS) is 15.8. The van der Waals surface area contributed by atoms with E-state index in [-0.39, 0.29) is 0 Å². The van der Waals surface area contributed by atoms with Gasteiger partial charge in [0.05, 0.1) is 4.90 Å². The maximum Gasteiger partial charge on any atom is 0.243 e. The molecule has 1 aromatic carbocycles. The summed E-state index contributed by atoms with van der Waals surface area (Å²) in [6.07, 6.45) is 3.49. The zero-order chi connectivity index (χ0) is 18.9. The second kappa shape index (κ2) is 7.09. The van der Waals surface area contributed by atoms with Crippen molar-refractivity contribution in [3.05, 3.63) is 60.4 Å². The number of aromatic nitrogens is 4. The molecule has 27 heavy (non-hydrogen) atoms. The van der Waals surface area contributed by atoms with Crippen molar-refractivity contribution >= 4 is 15.8 Å². The summed E-state index contributed by atoms with van der Waals surface area (Å²) < 4.78 is 28.8. The van der Waals surface area contributed by atoms with Gasteiger partial charge in [0.2, 0.25) is 10.0 Å². The largest absolute Gasteiger partial charge is 0.352 e. The van der Waals surface area contributed by atoms with Crippen molar-refractivity contribution in [2.75, 3.05) is 31.1 Å². The van der Waals surface area contributed by atoms with Crippen molar-refractivity contribution in [2.45, 2.75) is 11.8 Å². The molecule has 0 spiro atoms. The summed E-state index contributed by atoms with van der Waals surface area (Å²) in [6, 6.07) is 12.6. The second-order valence-electron chi connectivity index (χ2n) is 6.41. The number of sulfonamides is 1. The summed E-state index contributed by atoms with van der Waals surface area (Å²) in [5.74, 6) is 1.38. The van der Waals surface area contributed by atoms with Crippen molar-refractivity contribution in [2.24, 2.45) is 0 Å². The average molecular weight is 384 g/mol. The third-order valence-electron chi connectivity index (χ3n) is 4.57. The number of anilines is 1. The van der Waals surface area contributed by atoms with E-state index in [0.717, 1.165) is 11.4 Å². The summed E-state index contributed by atoms with van der Waals surface area (Å²) in [4.78, 5) is 2.39. The van der Waals surface area contributed by atoms with Crippen molar-refractivity contribution in [3.63, 3.8) is 0 Å². The molecule has 0 aliphatic carbocycles. The first-order chi connectivity index (χ1) is 13.0. The highest BCUT2D eigenvalue weighted by molar-refractivity contribution is 7.89. The van der Waals surface area contributed by atoms with E-state index >= 15 is 0 Å². The molecule has 0 radical (unpaired) electrons. The monoisotopic (exact) mass is 384 g/mol. The Hall–Kier alpha value is -2.78. The molecule has 3 aromatic rings. The van der Waals surface area contributed by atoms with Gasteiger partial charge in [-0.3, -0.25) is 0 Å². The average Bonchev–Trinajstić information content (AvgIpc) is 3.23. The van der Waals surface area contributed by atoms with Crippen LogP contribution in [0.1, 0.15) is 5.56 Å². The Balaban J connectivity index is 1.44. The molecule has 2 aromatic heterocycles. The van der Waals surface area contributed by atoms with Crippen molar-refractivity contribution in [1.82, 2.24) is 24.3 Å². The van der Waals surface area contributed by atoms with Gasteiger partial charge in [-0.05, 0) is 42.8 Å².